The van der Waals surface area contributed by atoms with Crippen molar-refractivity contribution < 1.29 is 25.6 Å². The Kier molecular flexibility index (Phi) is 11.3. The summed E-state index contributed by atoms with van der Waals surface area (Å²) in [6.45, 7) is 0. The molecule has 0 atom stereocenters. The lowest BCUT2D eigenvalue weighted by Gasteiger charge is -1.99. The van der Waals surface area contributed by atoms with E-state index in [1.54, 1.807) is 0 Å². The molecular formula is C17H24ClFI+. The Labute approximate surface area is 138 Å². The van der Waals surface area contributed by atoms with Gasteiger partial charge >= 0.3 is 21.2 Å². The monoisotopic (exact) mass is 409 g/mol. The average molecular weight is 410 g/mol. The van der Waals surface area contributed by atoms with Crippen LogP contribution < -0.4 is 21.2 Å². The first-order valence-electron chi connectivity index (χ1n) is 7.42. The van der Waals surface area contributed by atoms with Crippen LogP contribution in [-0.2, 0) is 0 Å². The van der Waals surface area contributed by atoms with Crippen molar-refractivity contribution in [3.05, 3.63) is 43.8 Å². The van der Waals surface area contributed by atoms with Crippen molar-refractivity contribution in [1.82, 2.24) is 0 Å². The number of allylic oxidation sites excluding steroid dienone is 1. The molecule has 0 spiro atoms. The highest BCUT2D eigenvalue weighted by Gasteiger charge is 2.09. The van der Waals surface area contributed by atoms with E-state index in [1.807, 2.05) is 22.3 Å². The van der Waals surface area contributed by atoms with Gasteiger partial charge in [0.2, 0.25) is 0 Å². The molecular weight excluding hydrogens is 386 g/mol. The van der Waals surface area contributed by atoms with Gasteiger partial charge in [0.05, 0.1) is 0 Å². The summed E-state index contributed by atoms with van der Waals surface area (Å²) in [5.74, 6) is 0.865. The van der Waals surface area contributed by atoms with Crippen LogP contribution >= 0.6 is 11.6 Å². The molecule has 0 bridgehead atoms. The lowest BCUT2D eigenvalue weighted by Crippen LogP contribution is -3.59. The van der Waals surface area contributed by atoms with Gasteiger partial charge in [-0.15, -0.1) is 11.6 Å². The fourth-order valence-electron chi connectivity index (χ4n) is 1.94. The summed E-state index contributed by atoms with van der Waals surface area (Å²) in [7, 11) is 0. The predicted octanol–water partition coefficient (Wildman–Crippen LogP) is 3.12. The number of unbranched alkanes of at least 4 members (excludes halogenated alkanes) is 6. The number of alkyl halides is 1. The molecule has 1 aromatic carbocycles. The van der Waals surface area contributed by atoms with Crippen LogP contribution in [0, 0.1) is 3.57 Å². The van der Waals surface area contributed by atoms with E-state index < -0.39 is 0 Å². The number of hydrogen-bond donors (Lipinski definition) is 0. The van der Waals surface area contributed by atoms with Gasteiger partial charge in [-0.1, -0.05) is 50.3 Å². The van der Waals surface area contributed by atoms with Gasteiger partial charge in [-0.25, -0.2) is 4.39 Å². The van der Waals surface area contributed by atoms with Crippen LogP contribution in [0.4, 0.5) is 4.39 Å². The van der Waals surface area contributed by atoms with E-state index in [0.29, 0.717) is 6.42 Å². The lowest BCUT2D eigenvalue weighted by atomic mass is 10.1. The van der Waals surface area contributed by atoms with Gasteiger partial charge in [-0.3, -0.25) is 0 Å². The van der Waals surface area contributed by atoms with Gasteiger partial charge in [0.15, 0.2) is 7.65 Å². The van der Waals surface area contributed by atoms with Crippen molar-refractivity contribution >= 4 is 11.6 Å². The zero-order valence-corrected chi connectivity index (χ0v) is 14.9. The quantitative estimate of drug-likeness (QED) is 0.299. The predicted molar refractivity (Wildman–Crippen MR) is 82.0 cm³/mol. The molecule has 1 rings (SSSR count). The summed E-state index contributed by atoms with van der Waals surface area (Å²) in [6.07, 6.45) is 8.87. The van der Waals surface area contributed by atoms with Crippen LogP contribution in [0.1, 0.15) is 51.4 Å². The average Bonchev–Trinajstić information content (AvgIpc) is 2.49. The highest BCUT2D eigenvalue weighted by atomic mass is 127. The van der Waals surface area contributed by atoms with E-state index in [1.165, 1.54) is 29.3 Å². The Morgan fingerprint density at radius 2 is 1.55 bits per heavy atom. The second-order valence-electron chi connectivity index (χ2n) is 4.87. The van der Waals surface area contributed by atoms with E-state index in [0.717, 1.165) is 25.1 Å². The largest absolute Gasteiger partial charge is 0.352 e. The molecule has 20 heavy (non-hydrogen) atoms. The maximum Gasteiger partial charge on any atom is 0.352 e. The first kappa shape index (κ1) is 18.0. The Hall–Kier alpha value is -0.0900. The topological polar surface area (TPSA) is 0 Å². The van der Waals surface area contributed by atoms with Crippen LogP contribution in [-0.4, -0.2) is 5.88 Å². The third kappa shape index (κ3) is 9.76. The van der Waals surface area contributed by atoms with E-state index in [-0.39, 0.29) is 27.0 Å². The van der Waals surface area contributed by atoms with Crippen molar-refractivity contribution in [2.45, 2.75) is 51.4 Å². The molecule has 0 aliphatic carbocycles. The van der Waals surface area contributed by atoms with Crippen molar-refractivity contribution in [2.24, 2.45) is 0 Å². The number of hydrogen-bond acceptors (Lipinski definition) is 0. The van der Waals surface area contributed by atoms with Gasteiger partial charge in [-0.2, -0.15) is 0 Å². The summed E-state index contributed by atoms with van der Waals surface area (Å²) < 4.78 is 16.7. The van der Waals surface area contributed by atoms with Crippen LogP contribution in [0.2, 0.25) is 0 Å². The minimum absolute atomic E-state index is 0.0868. The molecule has 0 saturated carbocycles. The smallest absolute Gasteiger partial charge is 0.208 e. The van der Waals surface area contributed by atoms with Crippen LogP contribution in [0.15, 0.2) is 40.2 Å². The molecule has 0 aliphatic rings. The van der Waals surface area contributed by atoms with Crippen molar-refractivity contribution in [3.8, 4) is 0 Å². The molecule has 0 unspecified atom stereocenters. The van der Waals surface area contributed by atoms with E-state index in [4.69, 9.17) is 11.6 Å². The Balaban J connectivity index is 2.01. The summed E-state index contributed by atoms with van der Waals surface area (Å²) in [5, 5.41) is 0. The van der Waals surface area contributed by atoms with Crippen molar-refractivity contribution in [2.75, 3.05) is 5.88 Å². The van der Waals surface area contributed by atoms with E-state index in [9.17, 15) is 4.39 Å². The Morgan fingerprint density at radius 3 is 2.20 bits per heavy atom. The fraction of sp³-hybridized carbons (Fsp3) is 0.529. The highest BCUT2D eigenvalue weighted by molar-refractivity contribution is 6.17. The molecule has 0 radical (unpaired) electrons. The molecule has 0 saturated heterocycles. The zero-order valence-electron chi connectivity index (χ0n) is 12.0. The summed E-state index contributed by atoms with van der Waals surface area (Å²) >= 11 is 5.33. The number of rotatable bonds is 11. The van der Waals surface area contributed by atoms with Crippen molar-refractivity contribution in [1.29, 1.82) is 0 Å². The van der Waals surface area contributed by atoms with Gasteiger partial charge < -0.3 is 0 Å². The second-order valence-corrected chi connectivity index (χ2v) is 7.74. The third-order valence-electron chi connectivity index (χ3n) is 3.08. The van der Waals surface area contributed by atoms with E-state index >= 15 is 0 Å². The molecule has 0 aliphatic heterocycles. The molecule has 0 aromatic heterocycles. The first-order chi connectivity index (χ1) is 9.83. The molecule has 0 amide bonds. The summed E-state index contributed by atoms with van der Waals surface area (Å²) in [4.78, 5) is 0. The lowest BCUT2D eigenvalue weighted by molar-refractivity contribution is -0.558. The molecule has 0 heterocycles. The van der Waals surface area contributed by atoms with Gasteiger partial charge in [0, 0.05) is 12.3 Å². The summed E-state index contributed by atoms with van der Waals surface area (Å²) in [6, 6.07) is 10.2. The Morgan fingerprint density at radius 1 is 0.950 bits per heavy atom. The maximum absolute atomic E-state index is 13.6. The molecule has 0 nitrogen and oxygen atoms in total. The number of halogens is 3. The van der Waals surface area contributed by atoms with Gasteiger partial charge in [0.1, 0.15) is 5.83 Å². The molecule has 3 heteroatoms. The molecule has 112 valence electrons. The van der Waals surface area contributed by atoms with Crippen LogP contribution in [0.3, 0.4) is 0 Å². The van der Waals surface area contributed by atoms with Crippen LogP contribution in [0.25, 0.3) is 0 Å². The Bertz CT molecular complexity index is 365. The highest BCUT2D eigenvalue weighted by Crippen LogP contribution is 2.12. The fourth-order valence-corrected chi connectivity index (χ4v) is 3.96. The molecule has 1 aromatic rings. The van der Waals surface area contributed by atoms with Crippen molar-refractivity contribution in [3.63, 3.8) is 0 Å². The van der Waals surface area contributed by atoms with Gasteiger partial charge in [-0.05, 0) is 25.0 Å². The zero-order chi connectivity index (χ0) is 14.5. The minimum Gasteiger partial charge on any atom is -0.208 e. The van der Waals surface area contributed by atoms with E-state index in [2.05, 4.69) is 12.1 Å². The maximum atomic E-state index is 13.6. The normalized spacial score (nSPS) is 11.8. The third-order valence-corrected chi connectivity index (χ3v) is 5.77. The molecule has 0 fully saturated rings. The van der Waals surface area contributed by atoms with Crippen LogP contribution in [0.5, 0.6) is 0 Å². The molecule has 0 N–H and O–H groups in total. The standard InChI is InChI=1S/C17H24ClFI/c18-14-10-5-3-1-2-4-7-11-16(19)15-20-17-12-8-6-9-13-17/h6,8-9,12-13,15H,1-5,7,10-11,14H2/q+1/b16-15-. The summed E-state index contributed by atoms with van der Waals surface area (Å²) in [5.41, 5.74) is 0. The number of benzene rings is 1. The minimum atomic E-state index is -0.300. The SMILES string of the molecule is F/C(=C\[I+]c1ccccc1)CCCCCCCCCCl. The van der Waals surface area contributed by atoms with Gasteiger partial charge in [0.25, 0.3) is 0 Å². The first-order valence-corrected chi connectivity index (χ1v) is 10.3. The second kappa shape index (κ2) is 12.6.